The number of ether oxygens (including phenoxy) is 1. The molecular weight excluding hydrogens is 236 g/mol. The first kappa shape index (κ1) is 13.8. The summed E-state index contributed by atoms with van der Waals surface area (Å²) in [7, 11) is 0. The van der Waals surface area contributed by atoms with E-state index in [9.17, 15) is 0 Å². The molecule has 0 saturated heterocycles. The van der Waals surface area contributed by atoms with Crippen LogP contribution in [0.25, 0.3) is 10.9 Å². The summed E-state index contributed by atoms with van der Waals surface area (Å²) < 4.78 is 5.86. The van der Waals surface area contributed by atoms with Crippen LogP contribution in [-0.4, -0.2) is 24.2 Å². The molecule has 102 valence electrons. The van der Waals surface area contributed by atoms with Gasteiger partial charge in [-0.2, -0.15) is 0 Å². The molecule has 19 heavy (non-hydrogen) atoms. The topological polar surface area (TPSA) is 34.1 Å². The Balaban J connectivity index is 1.91. The molecule has 3 nitrogen and oxygen atoms in total. The van der Waals surface area contributed by atoms with Gasteiger partial charge in [0, 0.05) is 24.2 Å². The Bertz CT molecular complexity index is 504. The van der Waals surface area contributed by atoms with Gasteiger partial charge in [0.25, 0.3) is 0 Å². The molecular formula is C16H22N2O. The molecule has 1 aromatic heterocycles. The molecule has 1 heterocycles. The molecule has 2 rings (SSSR count). The molecule has 1 N–H and O–H groups in total. The smallest absolute Gasteiger partial charge is 0.128 e. The van der Waals surface area contributed by atoms with Gasteiger partial charge in [-0.15, -0.1) is 0 Å². The quantitative estimate of drug-likeness (QED) is 0.773. The number of nitrogens with one attached hydrogen (secondary N) is 1. The van der Waals surface area contributed by atoms with Gasteiger partial charge in [0.1, 0.15) is 12.4 Å². The molecule has 2 aromatic rings. The van der Waals surface area contributed by atoms with Gasteiger partial charge in [0.05, 0.1) is 5.52 Å². The van der Waals surface area contributed by atoms with Crippen molar-refractivity contribution in [1.29, 1.82) is 0 Å². The summed E-state index contributed by atoms with van der Waals surface area (Å²) >= 11 is 0. The lowest BCUT2D eigenvalue weighted by atomic mass is 10.2. The summed E-state index contributed by atoms with van der Waals surface area (Å²) in [5.41, 5.74) is 0.980. The summed E-state index contributed by atoms with van der Waals surface area (Å²) in [6.45, 7) is 5.98. The predicted octanol–water partition coefficient (Wildman–Crippen LogP) is 3.39. The first-order valence-corrected chi connectivity index (χ1v) is 7.05. The largest absolute Gasteiger partial charge is 0.492 e. The van der Waals surface area contributed by atoms with Crippen molar-refractivity contribution >= 4 is 10.9 Å². The monoisotopic (exact) mass is 258 g/mol. The Morgan fingerprint density at radius 2 is 2.00 bits per heavy atom. The minimum absolute atomic E-state index is 0.595. The summed E-state index contributed by atoms with van der Waals surface area (Å²) in [5, 5.41) is 4.57. The molecule has 0 aliphatic rings. The minimum atomic E-state index is 0.595. The number of hydrogen-bond donors (Lipinski definition) is 1. The standard InChI is InChI=1S/C16H22N2O/c1-3-13(4-2)17-11-12-19-16-9-5-8-15-14(16)7-6-10-18-15/h5-10,13,17H,3-4,11-12H2,1-2H3. The van der Waals surface area contributed by atoms with Crippen LogP contribution in [0.2, 0.25) is 0 Å². The zero-order chi connectivity index (χ0) is 13.5. The molecule has 0 unspecified atom stereocenters. The van der Waals surface area contributed by atoms with E-state index in [1.165, 1.54) is 0 Å². The number of rotatable bonds is 7. The molecule has 1 aromatic carbocycles. The van der Waals surface area contributed by atoms with Crippen molar-refractivity contribution in [3.63, 3.8) is 0 Å². The fourth-order valence-electron chi connectivity index (χ4n) is 2.20. The van der Waals surface area contributed by atoms with Crippen molar-refractivity contribution < 1.29 is 4.74 Å². The first-order chi connectivity index (χ1) is 9.35. The lowest BCUT2D eigenvalue weighted by molar-refractivity contribution is 0.305. The number of hydrogen-bond acceptors (Lipinski definition) is 3. The minimum Gasteiger partial charge on any atom is -0.492 e. The molecule has 0 aliphatic heterocycles. The van der Waals surface area contributed by atoms with Crippen LogP contribution >= 0.6 is 0 Å². The highest BCUT2D eigenvalue weighted by molar-refractivity contribution is 5.84. The van der Waals surface area contributed by atoms with Crippen LogP contribution in [0, 0.1) is 0 Å². The van der Waals surface area contributed by atoms with Gasteiger partial charge in [-0.25, -0.2) is 0 Å². The van der Waals surface area contributed by atoms with Crippen LogP contribution in [0.5, 0.6) is 5.75 Å². The number of fused-ring (bicyclic) bond motifs is 1. The molecule has 0 atom stereocenters. The number of nitrogens with zero attached hydrogens (tertiary/aromatic N) is 1. The second-order valence-electron chi connectivity index (χ2n) is 4.64. The Kier molecular flexibility index (Phi) is 5.16. The molecule has 0 radical (unpaired) electrons. The lowest BCUT2D eigenvalue weighted by Gasteiger charge is -2.15. The van der Waals surface area contributed by atoms with Crippen LogP contribution in [0.1, 0.15) is 26.7 Å². The van der Waals surface area contributed by atoms with Gasteiger partial charge in [-0.05, 0) is 37.1 Å². The lowest BCUT2D eigenvalue weighted by Crippen LogP contribution is -2.31. The second kappa shape index (κ2) is 7.10. The van der Waals surface area contributed by atoms with Crippen molar-refractivity contribution in [3.05, 3.63) is 36.5 Å². The van der Waals surface area contributed by atoms with Gasteiger partial charge < -0.3 is 10.1 Å². The van der Waals surface area contributed by atoms with Crippen molar-refractivity contribution in [2.24, 2.45) is 0 Å². The number of pyridine rings is 1. The van der Waals surface area contributed by atoms with Crippen molar-refractivity contribution in [2.45, 2.75) is 32.7 Å². The van der Waals surface area contributed by atoms with E-state index in [1.807, 2.05) is 30.3 Å². The molecule has 0 saturated carbocycles. The third-order valence-electron chi connectivity index (χ3n) is 3.38. The van der Waals surface area contributed by atoms with Crippen LogP contribution in [0.15, 0.2) is 36.5 Å². The van der Waals surface area contributed by atoms with Crippen LogP contribution in [0.4, 0.5) is 0 Å². The third kappa shape index (κ3) is 3.67. The maximum atomic E-state index is 5.86. The zero-order valence-corrected chi connectivity index (χ0v) is 11.7. The highest BCUT2D eigenvalue weighted by atomic mass is 16.5. The average molecular weight is 258 g/mol. The van der Waals surface area contributed by atoms with Gasteiger partial charge in [0.2, 0.25) is 0 Å². The van der Waals surface area contributed by atoms with E-state index >= 15 is 0 Å². The summed E-state index contributed by atoms with van der Waals surface area (Å²) in [5.74, 6) is 0.914. The summed E-state index contributed by atoms with van der Waals surface area (Å²) in [6, 6.07) is 10.6. The molecule has 0 spiro atoms. The Morgan fingerprint density at radius 3 is 2.79 bits per heavy atom. The zero-order valence-electron chi connectivity index (χ0n) is 11.7. The molecule has 0 bridgehead atoms. The number of aromatic nitrogens is 1. The van der Waals surface area contributed by atoms with Gasteiger partial charge >= 0.3 is 0 Å². The van der Waals surface area contributed by atoms with E-state index in [2.05, 4.69) is 24.1 Å². The fourth-order valence-corrected chi connectivity index (χ4v) is 2.20. The van der Waals surface area contributed by atoms with E-state index in [1.54, 1.807) is 6.20 Å². The first-order valence-electron chi connectivity index (χ1n) is 7.05. The fraction of sp³-hybridized carbons (Fsp3) is 0.438. The van der Waals surface area contributed by atoms with Crippen molar-refractivity contribution in [1.82, 2.24) is 10.3 Å². The SMILES string of the molecule is CCC(CC)NCCOc1cccc2ncccc12. The van der Waals surface area contributed by atoms with Crippen molar-refractivity contribution in [3.8, 4) is 5.75 Å². The third-order valence-corrected chi connectivity index (χ3v) is 3.38. The number of benzene rings is 1. The average Bonchev–Trinajstić information content (AvgIpc) is 2.47. The maximum absolute atomic E-state index is 5.86. The van der Waals surface area contributed by atoms with E-state index < -0.39 is 0 Å². The van der Waals surface area contributed by atoms with Crippen LogP contribution in [0.3, 0.4) is 0 Å². The van der Waals surface area contributed by atoms with E-state index in [0.29, 0.717) is 12.6 Å². The Morgan fingerprint density at radius 1 is 1.16 bits per heavy atom. The highest BCUT2D eigenvalue weighted by Gasteiger charge is 2.03. The van der Waals surface area contributed by atoms with Crippen LogP contribution in [-0.2, 0) is 0 Å². The van der Waals surface area contributed by atoms with Crippen LogP contribution < -0.4 is 10.1 Å². The highest BCUT2D eigenvalue weighted by Crippen LogP contribution is 2.23. The Labute approximate surface area is 115 Å². The molecule has 3 heteroatoms. The summed E-state index contributed by atoms with van der Waals surface area (Å²) in [4.78, 5) is 4.33. The molecule has 0 aliphatic carbocycles. The summed E-state index contributed by atoms with van der Waals surface area (Å²) in [6.07, 6.45) is 4.13. The Hall–Kier alpha value is -1.61. The predicted molar refractivity (Wildman–Crippen MR) is 79.6 cm³/mol. The normalized spacial score (nSPS) is 11.1. The van der Waals surface area contributed by atoms with Gasteiger partial charge in [-0.1, -0.05) is 19.9 Å². The molecule has 0 amide bonds. The van der Waals surface area contributed by atoms with E-state index in [-0.39, 0.29) is 0 Å². The van der Waals surface area contributed by atoms with Gasteiger partial charge in [0.15, 0.2) is 0 Å². The van der Waals surface area contributed by atoms with E-state index in [0.717, 1.165) is 36.0 Å². The van der Waals surface area contributed by atoms with E-state index in [4.69, 9.17) is 4.74 Å². The van der Waals surface area contributed by atoms with Gasteiger partial charge in [-0.3, -0.25) is 4.98 Å². The second-order valence-corrected chi connectivity index (χ2v) is 4.64. The van der Waals surface area contributed by atoms with Crippen molar-refractivity contribution in [2.75, 3.05) is 13.2 Å². The maximum Gasteiger partial charge on any atom is 0.128 e. The molecule has 0 fully saturated rings.